The Morgan fingerprint density at radius 1 is 1.27 bits per heavy atom. The standard InChI is InChI=1S/C8H18N2S/c1-7-4-9(3)5-8(2)10(7)6-11/h7-8,11H,4-6H2,1-3H3. The summed E-state index contributed by atoms with van der Waals surface area (Å²) in [6.07, 6.45) is 0. The summed E-state index contributed by atoms with van der Waals surface area (Å²) in [5.41, 5.74) is 0. The van der Waals surface area contributed by atoms with Gasteiger partial charge in [0.25, 0.3) is 0 Å². The van der Waals surface area contributed by atoms with Gasteiger partial charge in [-0.05, 0) is 20.9 Å². The van der Waals surface area contributed by atoms with Crippen molar-refractivity contribution in [2.45, 2.75) is 25.9 Å². The van der Waals surface area contributed by atoms with Crippen LogP contribution in [0.1, 0.15) is 13.8 Å². The van der Waals surface area contributed by atoms with Crippen molar-refractivity contribution in [3.8, 4) is 0 Å². The number of thiol groups is 1. The van der Waals surface area contributed by atoms with Crippen molar-refractivity contribution in [2.75, 3.05) is 26.0 Å². The minimum atomic E-state index is 0.654. The molecule has 0 aromatic heterocycles. The molecule has 0 aromatic rings. The van der Waals surface area contributed by atoms with Gasteiger partial charge in [0.15, 0.2) is 0 Å². The van der Waals surface area contributed by atoms with E-state index in [0.717, 1.165) is 5.88 Å². The third-order valence-corrected chi connectivity index (χ3v) is 2.77. The highest BCUT2D eigenvalue weighted by molar-refractivity contribution is 7.80. The molecule has 2 nitrogen and oxygen atoms in total. The fraction of sp³-hybridized carbons (Fsp3) is 1.00. The van der Waals surface area contributed by atoms with Crippen LogP contribution in [0.25, 0.3) is 0 Å². The first-order chi connectivity index (χ1) is 5.15. The van der Waals surface area contributed by atoms with Crippen LogP contribution >= 0.6 is 12.6 Å². The van der Waals surface area contributed by atoms with Gasteiger partial charge in [0.1, 0.15) is 0 Å². The van der Waals surface area contributed by atoms with Crippen LogP contribution in [0.3, 0.4) is 0 Å². The van der Waals surface area contributed by atoms with E-state index in [0.29, 0.717) is 12.1 Å². The smallest absolute Gasteiger partial charge is 0.0420 e. The number of piperazine rings is 1. The van der Waals surface area contributed by atoms with E-state index < -0.39 is 0 Å². The van der Waals surface area contributed by atoms with Crippen molar-refractivity contribution < 1.29 is 0 Å². The van der Waals surface area contributed by atoms with Gasteiger partial charge in [0, 0.05) is 31.0 Å². The number of hydrogen-bond acceptors (Lipinski definition) is 3. The SMILES string of the molecule is CC1CN(C)CC(C)N1CS. The molecule has 0 amide bonds. The lowest BCUT2D eigenvalue weighted by molar-refractivity contribution is 0.0707. The summed E-state index contributed by atoms with van der Waals surface area (Å²) in [5, 5.41) is 0. The van der Waals surface area contributed by atoms with Gasteiger partial charge in [-0.3, -0.25) is 4.90 Å². The molecular weight excluding hydrogens is 156 g/mol. The van der Waals surface area contributed by atoms with Crippen molar-refractivity contribution in [1.82, 2.24) is 9.80 Å². The summed E-state index contributed by atoms with van der Waals surface area (Å²) in [6.45, 7) is 6.88. The molecule has 2 unspecified atom stereocenters. The second kappa shape index (κ2) is 3.78. The lowest BCUT2D eigenvalue weighted by Crippen LogP contribution is -2.54. The molecular formula is C8H18N2S. The van der Waals surface area contributed by atoms with Gasteiger partial charge in [-0.1, -0.05) is 0 Å². The Hall–Kier alpha value is 0.270. The van der Waals surface area contributed by atoms with Crippen LogP contribution in [0.2, 0.25) is 0 Å². The summed E-state index contributed by atoms with van der Waals surface area (Å²) in [5.74, 6) is 0.885. The summed E-state index contributed by atoms with van der Waals surface area (Å²) in [7, 11) is 2.18. The highest BCUT2D eigenvalue weighted by atomic mass is 32.1. The van der Waals surface area contributed by atoms with Gasteiger partial charge in [-0.15, -0.1) is 0 Å². The van der Waals surface area contributed by atoms with E-state index in [-0.39, 0.29) is 0 Å². The first kappa shape index (κ1) is 9.36. The topological polar surface area (TPSA) is 6.48 Å². The molecule has 0 bridgehead atoms. The predicted octanol–water partition coefficient (Wildman–Crippen LogP) is 0.898. The van der Waals surface area contributed by atoms with Crippen LogP contribution in [0.4, 0.5) is 0 Å². The minimum Gasteiger partial charge on any atom is -0.303 e. The fourth-order valence-corrected chi connectivity index (χ4v) is 2.46. The maximum atomic E-state index is 4.32. The quantitative estimate of drug-likeness (QED) is 0.590. The molecule has 1 aliphatic rings. The monoisotopic (exact) mass is 174 g/mol. The van der Waals surface area contributed by atoms with E-state index in [1.54, 1.807) is 0 Å². The zero-order valence-corrected chi connectivity index (χ0v) is 8.51. The lowest BCUT2D eigenvalue weighted by atomic mass is 10.1. The van der Waals surface area contributed by atoms with E-state index >= 15 is 0 Å². The van der Waals surface area contributed by atoms with Crippen LogP contribution in [0, 0.1) is 0 Å². The largest absolute Gasteiger partial charge is 0.303 e. The molecule has 3 heteroatoms. The van der Waals surface area contributed by atoms with Crippen LogP contribution in [-0.2, 0) is 0 Å². The van der Waals surface area contributed by atoms with Crippen molar-refractivity contribution in [3.05, 3.63) is 0 Å². The molecule has 11 heavy (non-hydrogen) atoms. The average Bonchev–Trinajstić information content (AvgIpc) is 1.85. The zero-order valence-electron chi connectivity index (χ0n) is 7.62. The zero-order chi connectivity index (χ0) is 8.43. The Labute approximate surface area is 75.0 Å². The summed E-state index contributed by atoms with van der Waals surface area (Å²) in [6, 6.07) is 1.31. The van der Waals surface area contributed by atoms with Gasteiger partial charge >= 0.3 is 0 Å². The van der Waals surface area contributed by atoms with Crippen molar-refractivity contribution in [1.29, 1.82) is 0 Å². The van der Waals surface area contributed by atoms with E-state index in [9.17, 15) is 0 Å². The van der Waals surface area contributed by atoms with E-state index in [1.165, 1.54) is 13.1 Å². The maximum absolute atomic E-state index is 4.32. The maximum Gasteiger partial charge on any atom is 0.0420 e. The number of rotatable bonds is 1. The van der Waals surface area contributed by atoms with Gasteiger partial charge in [0.05, 0.1) is 0 Å². The van der Waals surface area contributed by atoms with Crippen LogP contribution in [-0.4, -0.2) is 47.9 Å². The molecule has 0 saturated carbocycles. The minimum absolute atomic E-state index is 0.654. The molecule has 0 aromatic carbocycles. The molecule has 1 saturated heterocycles. The molecule has 0 N–H and O–H groups in total. The molecule has 1 aliphatic heterocycles. The molecule has 66 valence electrons. The highest BCUT2D eigenvalue weighted by Crippen LogP contribution is 2.14. The Morgan fingerprint density at radius 2 is 1.73 bits per heavy atom. The molecule has 0 aliphatic carbocycles. The molecule has 2 atom stereocenters. The summed E-state index contributed by atoms with van der Waals surface area (Å²) < 4.78 is 0. The van der Waals surface area contributed by atoms with Gasteiger partial charge in [0.2, 0.25) is 0 Å². The molecule has 1 heterocycles. The van der Waals surface area contributed by atoms with Crippen LogP contribution in [0.5, 0.6) is 0 Å². The Balaban J connectivity index is 2.52. The van der Waals surface area contributed by atoms with E-state index in [1.807, 2.05) is 0 Å². The number of hydrogen-bond donors (Lipinski definition) is 1. The predicted molar refractivity (Wildman–Crippen MR) is 52.1 cm³/mol. The third-order valence-electron chi connectivity index (χ3n) is 2.45. The van der Waals surface area contributed by atoms with Crippen LogP contribution < -0.4 is 0 Å². The molecule has 1 fully saturated rings. The van der Waals surface area contributed by atoms with Gasteiger partial charge in [-0.25, -0.2) is 0 Å². The fourth-order valence-electron chi connectivity index (χ4n) is 1.90. The summed E-state index contributed by atoms with van der Waals surface area (Å²) in [4.78, 5) is 4.82. The highest BCUT2D eigenvalue weighted by Gasteiger charge is 2.25. The second-order valence-corrected chi connectivity index (χ2v) is 3.86. The van der Waals surface area contributed by atoms with Gasteiger partial charge < -0.3 is 4.90 Å². The second-order valence-electron chi connectivity index (χ2n) is 3.57. The number of nitrogens with zero attached hydrogens (tertiary/aromatic N) is 2. The van der Waals surface area contributed by atoms with E-state index in [4.69, 9.17) is 0 Å². The van der Waals surface area contributed by atoms with Crippen molar-refractivity contribution in [2.24, 2.45) is 0 Å². The molecule has 1 rings (SSSR count). The van der Waals surface area contributed by atoms with Crippen molar-refractivity contribution >= 4 is 12.6 Å². The molecule has 0 radical (unpaired) electrons. The third kappa shape index (κ3) is 2.10. The average molecular weight is 174 g/mol. The number of likely N-dealkylation sites (N-methyl/N-ethyl adjacent to an activating group) is 1. The van der Waals surface area contributed by atoms with E-state index in [2.05, 4.69) is 43.3 Å². The summed E-state index contributed by atoms with van der Waals surface area (Å²) >= 11 is 4.32. The normalized spacial score (nSPS) is 36.0. The van der Waals surface area contributed by atoms with Gasteiger partial charge in [-0.2, -0.15) is 12.6 Å². The van der Waals surface area contributed by atoms with Crippen molar-refractivity contribution in [3.63, 3.8) is 0 Å². The first-order valence-corrected chi connectivity index (χ1v) is 4.83. The van der Waals surface area contributed by atoms with Crippen LogP contribution in [0.15, 0.2) is 0 Å². The molecule has 0 spiro atoms. The Kier molecular flexibility index (Phi) is 3.22. The lowest BCUT2D eigenvalue weighted by Gasteiger charge is -2.42. The first-order valence-electron chi connectivity index (χ1n) is 4.20. The Bertz CT molecular complexity index is 117. The Morgan fingerprint density at radius 3 is 2.09 bits per heavy atom.